The fourth-order valence-corrected chi connectivity index (χ4v) is 1.88. The van der Waals surface area contributed by atoms with Crippen molar-refractivity contribution in [1.29, 1.82) is 0 Å². The van der Waals surface area contributed by atoms with Gasteiger partial charge in [0.05, 0.1) is 11.9 Å². The lowest BCUT2D eigenvalue weighted by molar-refractivity contribution is 0.475. The van der Waals surface area contributed by atoms with Gasteiger partial charge in [-0.3, -0.25) is 4.98 Å². The summed E-state index contributed by atoms with van der Waals surface area (Å²) in [5.74, 6) is 0.208. The highest BCUT2D eigenvalue weighted by Crippen LogP contribution is 2.28. The minimum Gasteiger partial charge on any atom is -0.508 e. The van der Waals surface area contributed by atoms with E-state index in [9.17, 15) is 5.11 Å². The smallest absolute Gasteiger partial charge is 0.117 e. The number of hydrogen-bond donors (Lipinski definition) is 2. The molecule has 0 radical (unpaired) electrons. The van der Waals surface area contributed by atoms with Gasteiger partial charge in [-0.15, -0.1) is 0 Å². The Morgan fingerprint density at radius 3 is 2.83 bits per heavy atom. The number of rotatable bonds is 3. The molecule has 0 saturated heterocycles. The first-order valence-electron chi connectivity index (χ1n) is 5.36. The summed E-state index contributed by atoms with van der Waals surface area (Å²) >= 11 is 5.02. The van der Waals surface area contributed by atoms with Gasteiger partial charge in [0, 0.05) is 30.6 Å². The van der Waals surface area contributed by atoms with Gasteiger partial charge in [0.1, 0.15) is 10.7 Å². The molecule has 92 valence electrons. The van der Waals surface area contributed by atoms with E-state index in [1.807, 2.05) is 18.0 Å². The lowest BCUT2D eigenvalue weighted by Gasteiger charge is -2.21. The molecule has 1 heterocycles. The minimum atomic E-state index is 0.208. The van der Waals surface area contributed by atoms with Crippen molar-refractivity contribution >= 4 is 28.6 Å². The van der Waals surface area contributed by atoms with Crippen molar-refractivity contribution in [3.05, 3.63) is 48.3 Å². The summed E-state index contributed by atoms with van der Waals surface area (Å²) in [6.07, 6.45) is 3.34. The van der Waals surface area contributed by atoms with Gasteiger partial charge in [-0.1, -0.05) is 18.3 Å². The largest absolute Gasteiger partial charge is 0.508 e. The molecule has 0 aliphatic heterocycles. The lowest BCUT2D eigenvalue weighted by atomic mass is 10.2. The first kappa shape index (κ1) is 12.3. The van der Waals surface area contributed by atoms with E-state index < -0.39 is 0 Å². The van der Waals surface area contributed by atoms with Gasteiger partial charge in [-0.05, 0) is 18.2 Å². The second-order valence-corrected chi connectivity index (χ2v) is 4.28. The molecule has 2 aromatic rings. The Morgan fingerprint density at radius 1 is 1.39 bits per heavy atom. The topological polar surface area (TPSA) is 62.4 Å². The van der Waals surface area contributed by atoms with Gasteiger partial charge in [-0.2, -0.15) is 0 Å². The van der Waals surface area contributed by atoms with Gasteiger partial charge in [0.25, 0.3) is 0 Å². The number of pyridine rings is 1. The van der Waals surface area contributed by atoms with Gasteiger partial charge in [-0.25, -0.2) is 0 Å². The van der Waals surface area contributed by atoms with Crippen molar-refractivity contribution in [2.24, 2.45) is 5.73 Å². The number of benzene rings is 1. The molecule has 3 N–H and O–H groups in total. The Bertz CT molecular complexity index is 586. The Labute approximate surface area is 111 Å². The number of hydrogen-bond acceptors (Lipinski definition) is 4. The van der Waals surface area contributed by atoms with Gasteiger partial charge >= 0.3 is 0 Å². The highest BCUT2D eigenvalue weighted by molar-refractivity contribution is 7.80. The molecule has 0 amide bonds. The highest BCUT2D eigenvalue weighted by atomic mass is 32.1. The fraction of sp³-hybridized carbons (Fsp3) is 0.0769. The molecule has 4 nitrogen and oxygen atoms in total. The molecule has 5 heteroatoms. The molecule has 0 atom stereocenters. The number of nitrogens with two attached hydrogens (primary N) is 1. The third-order valence-electron chi connectivity index (χ3n) is 2.64. The van der Waals surface area contributed by atoms with E-state index in [0.29, 0.717) is 4.99 Å². The van der Waals surface area contributed by atoms with E-state index in [4.69, 9.17) is 18.0 Å². The molecule has 0 bridgehead atoms. The number of phenols is 1. The molecule has 0 aliphatic carbocycles. The zero-order valence-corrected chi connectivity index (χ0v) is 10.7. The van der Waals surface area contributed by atoms with Crippen molar-refractivity contribution in [2.45, 2.75) is 0 Å². The minimum absolute atomic E-state index is 0.208. The summed E-state index contributed by atoms with van der Waals surface area (Å²) in [5, 5.41) is 9.49. The number of aromatic hydroxyl groups is 1. The molecule has 2 rings (SSSR count). The van der Waals surface area contributed by atoms with Crippen LogP contribution in [0, 0.1) is 0 Å². The second-order valence-electron chi connectivity index (χ2n) is 3.84. The summed E-state index contributed by atoms with van der Waals surface area (Å²) in [6, 6.07) is 8.72. The average molecular weight is 259 g/mol. The molecular weight excluding hydrogens is 246 g/mol. The maximum atomic E-state index is 9.49. The van der Waals surface area contributed by atoms with E-state index in [0.717, 1.165) is 16.9 Å². The van der Waals surface area contributed by atoms with E-state index >= 15 is 0 Å². The van der Waals surface area contributed by atoms with Crippen molar-refractivity contribution in [3.8, 4) is 5.75 Å². The second kappa shape index (κ2) is 5.01. The third kappa shape index (κ3) is 2.41. The van der Waals surface area contributed by atoms with Crippen molar-refractivity contribution in [2.75, 3.05) is 11.9 Å². The molecule has 0 spiro atoms. The molecule has 0 unspecified atom stereocenters. The monoisotopic (exact) mass is 259 g/mol. The van der Waals surface area contributed by atoms with Gasteiger partial charge < -0.3 is 15.7 Å². The maximum absolute atomic E-state index is 9.49. The molecule has 0 fully saturated rings. The zero-order valence-electron chi connectivity index (χ0n) is 9.87. The van der Waals surface area contributed by atoms with E-state index in [2.05, 4.69) is 4.98 Å². The molecule has 0 saturated carbocycles. The van der Waals surface area contributed by atoms with Crippen LogP contribution in [0.25, 0.3) is 0 Å². The van der Waals surface area contributed by atoms with Crippen LogP contribution in [0.4, 0.5) is 11.4 Å². The number of thiocarbonyl (C=S) groups is 1. The number of phenolic OH excluding ortho intramolecular Hbond substituents is 1. The Hall–Kier alpha value is -2.14. The Balaban J connectivity index is 2.46. The summed E-state index contributed by atoms with van der Waals surface area (Å²) < 4.78 is 0. The summed E-state index contributed by atoms with van der Waals surface area (Å²) in [4.78, 5) is 6.27. The standard InChI is InChI=1S/C13H13N3OS/c1-16(9-3-2-4-10(17)7-9)12-8-15-6-5-11(12)13(14)18/h2-8,17H,1H3,(H2,14,18). The number of anilines is 2. The van der Waals surface area contributed by atoms with Crippen molar-refractivity contribution in [3.63, 3.8) is 0 Å². The highest BCUT2D eigenvalue weighted by Gasteiger charge is 2.11. The van der Waals surface area contributed by atoms with Crippen LogP contribution in [0.5, 0.6) is 5.75 Å². The molecule has 1 aromatic carbocycles. The molecule has 0 aliphatic rings. The van der Waals surface area contributed by atoms with Gasteiger partial charge in [0.2, 0.25) is 0 Å². The number of aromatic nitrogens is 1. The van der Waals surface area contributed by atoms with Crippen LogP contribution in [-0.4, -0.2) is 22.1 Å². The van der Waals surface area contributed by atoms with Crippen LogP contribution in [0.3, 0.4) is 0 Å². The predicted molar refractivity (Wildman–Crippen MR) is 76.3 cm³/mol. The van der Waals surface area contributed by atoms with E-state index in [1.165, 1.54) is 0 Å². The first-order valence-corrected chi connectivity index (χ1v) is 5.77. The summed E-state index contributed by atoms with van der Waals surface area (Å²) in [7, 11) is 1.87. The third-order valence-corrected chi connectivity index (χ3v) is 2.86. The molecule has 18 heavy (non-hydrogen) atoms. The normalized spacial score (nSPS) is 10.1. The Kier molecular flexibility index (Phi) is 3.43. The summed E-state index contributed by atoms with van der Waals surface area (Å²) in [5.41, 5.74) is 8.08. The van der Waals surface area contributed by atoms with E-state index in [1.54, 1.807) is 36.7 Å². The average Bonchev–Trinajstić information content (AvgIpc) is 2.38. The van der Waals surface area contributed by atoms with Gasteiger partial charge in [0.15, 0.2) is 0 Å². The van der Waals surface area contributed by atoms with Crippen molar-refractivity contribution in [1.82, 2.24) is 4.98 Å². The van der Waals surface area contributed by atoms with E-state index in [-0.39, 0.29) is 5.75 Å². The SMILES string of the molecule is CN(c1cccc(O)c1)c1cnccc1C(N)=S. The summed E-state index contributed by atoms with van der Waals surface area (Å²) in [6.45, 7) is 0. The zero-order chi connectivity index (χ0) is 13.1. The van der Waals surface area contributed by atoms with Crippen LogP contribution in [-0.2, 0) is 0 Å². The van der Waals surface area contributed by atoms with Crippen LogP contribution >= 0.6 is 12.2 Å². The number of nitrogens with zero attached hydrogens (tertiary/aromatic N) is 2. The maximum Gasteiger partial charge on any atom is 0.117 e. The van der Waals surface area contributed by atoms with Crippen LogP contribution in [0.2, 0.25) is 0 Å². The Morgan fingerprint density at radius 2 is 2.17 bits per heavy atom. The quantitative estimate of drug-likeness (QED) is 0.827. The predicted octanol–water partition coefficient (Wildman–Crippen LogP) is 2.19. The molecular formula is C13H13N3OS. The van der Waals surface area contributed by atoms with Crippen LogP contribution in [0.1, 0.15) is 5.56 Å². The van der Waals surface area contributed by atoms with Crippen LogP contribution < -0.4 is 10.6 Å². The van der Waals surface area contributed by atoms with Crippen LogP contribution in [0.15, 0.2) is 42.7 Å². The lowest BCUT2D eigenvalue weighted by Crippen LogP contribution is -2.17. The van der Waals surface area contributed by atoms with Crippen molar-refractivity contribution < 1.29 is 5.11 Å². The molecule has 1 aromatic heterocycles. The fourth-order valence-electron chi connectivity index (χ4n) is 1.70. The first-order chi connectivity index (χ1) is 8.59.